The van der Waals surface area contributed by atoms with E-state index < -0.39 is 0 Å². The molecule has 1 aromatic rings. The highest BCUT2D eigenvalue weighted by Gasteiger charge is 2.00. The summed E-state index contributed by atoms with van der Waals surface area (Å²) in [7, 11) is 0. The van der Waals surface area contributed by atoms with Gasteiger partial charge in [0.1, 0.15) is 5.82 Å². The quantitative estimate of drug-likeness (QED) is 0.574. The molecular formula is C10H6FN. The van der Waals surface area contributed by atoms with Gasteiger partial charge in [-0.1, -0.05) is 5.92 Å². The van der Waals surface area contributed by atoms with Crippen molar-refractivity contribution < 1.29 is 4.39 Å². The van der Waals surface area contributed by atoms with Gasteiger partial charge in [-0.25, -0.2) is 4.39 Å². The Morgan fingerprint density at radius 2 is 2.25 bits per heavy atom. The second-order valence-corrected chi connectivity index (χ2v) is 2.28. The lowest BCUT2D eigenvalue weighted by Gasteiger charge is -1.98. The molecule has 0 spiro atoms. The van der Waals surface area contributed by atoms with Crippen LogP contribution in [0.3, 0.4) is 0 Å². The van der Waals surface area contributed by atoms with Crippen molar-refractivity contribution in [2.24, 2.45) is 0 Å². The summed E-state index contributed by atoms with van der Waals surface area (Å²) >= 11 is 0. The molecule has 1 aromatic carbocycles. The van der Waals surface area contributed by atoms with E-state index in [1.807, 2.05) is 6.07 Å². The average molecular weight is 159 g/mol. The highest BCUT2D eigenvalue weighted by molar-refractivity contribution is 5.41. The van der Waals surface area contributed by atoms with Gasteiger partial charge in [-0.2, -0.15) is 5.26 Å². The van der Waals surface area contributed by atoms with E-state index in [-0.39, 0.29) is 12.2 Å². The van der Waals surface area contributed by atoms with E-state index in [1.54, 1.807) is 0 Å². The van der Waals surface area contributed by atoms with Crippen molar-refractivity contribution in [2.45, 2.75) is 6.42 Å². The summed E-state index contributed by atoms with van der Waals surface area (Å²) in [5, 5.41) is 8.39. The topological polar surface area (TPSA) is 23.8 Å². The Bertz CT molecular complexity index is 368. The number of rotatable bonds is 1. The minimum Gasteiger partial charge on any atom is -0.207 e. The Morgan fingerprint density at radius 1 is 1.50 bits per heavy atom. The lowest BCUT2D eigenvalue weighted by atomic mass is 10.1. The normalized spacial score (nSPS) is 8.58. The second kappa shape index (κ2) is 3.55. The van der Waals surface area contributed by atoms with Crippen LogP contribution in [0.5, 0.6) is 0 Å². The van der Waals surface area contributed by atoms with Crippen molar-refractivity contribution in [3.05, 3.63) is 35.1 Å². The SMILES string of the molecule is C#Cc1ccc(F)cc1CC#N. The highest BCUT2D eigenvalue weighted by atomic mass is 19.1. The molecule has 0 aliphatic rings. The monoisotopic (exact) mass is 159 g/mol. The van der Waals surface area contributed by atoms with Gasteiger partial charge in [-0.3, -0.25) is 0 Å². The van der Waals surface area contributed by atoms with Gasteiger partial charge in [0.05, 0.1) is 12.5 Å². The van der Waals surface area contributed by atoms with Gasteiger partial charge in [0.25, 0.3) is 0 Å². The summed E-state index contributed by atoms with van der Waals surface area (Å²) < 4.78 is 12.6. The van der Waals surface area contributed by atoms with E-state index in [4.69, 9.17) is 11.7 Å². The first-order chi connectivity index (χ1) is 5.77. The van der Waals surface area contributed by atoms with Gasteiger partial charge < -0.3 is 0 Å². The van der Waals surface area contributed by atoms with Crippen molar-refractivity contribution in [1.29, 1.82) is 5.26 Å². The first kappa shape index (κ1) is 8.30. The van der Waals surface area contributed by atoms with E-state index >= 15 is 0 Å². The van der Waals surface area contributed by atoms with Crippen LogP contribution in [-0.4, -0.2) is 0 Å². The van der Waals surface area contributed by atoms with Crippen molar-refractivity contribution in [3.63, 3.8) is 0 Å². The van der Waals surface area contributed by atoms with Gasteiger partial charge in [-0.15, -0.1) is 6.42 Å². The lowest BCUT2D eigenvalue weighted by Crippen LogP contribution is -1.89. The molecule has 0 N–H and O–H groups in total. The fraction of sp³-hybridized carbons (Fsp3) is 0.100. The minimum atomic E-state index is -0.362. The maximum atomic E-state index is 12.6. The molecule has 2 heteroatoms. The molecule has 1 nitrogen and oxygen atoms in total. The van der Waals surface area contributed by atoms with Gasteiger partial charge in [0.15, 0.2) is 0 Å². The fourth-order valence-electron chi connectivity index (χ4n) is 0.935. The van der Waals surface area contributed by atoms with Gasteiger partial charge in [0, 0.05) is 5.56 Å². The molecule has 0 atom stereocenters. The third-order valence-electron chi connectivity index (χ3n) is 1.49. The van der Waals surface area contributed by atoms with Crippen LogP contribution in [0.1, 0.15) is 11.1 Å². The predicted molar refractivity (Wildman–Crippen MR) is 43.7 cm³/mol. The zero-order valence-corrected chi connectivity index (χ0v) is 6.34. The minimum absolute atomic E-state index is 0.150. The summed E-state index contributed by atoms with van der Waals surface area (Å²) in [5.41, 5.74) is 1.15. The van der Waals surface area contributed by atoms with Crippen molar-refractivity contribution in [1.82, 2.24) is 0 Å². The summed E-state index contributed by atoms with van der Waals surface area (Å²) in [5.74, 6) is 2.03. The summed E-state index contributed by atoms with van der Waals surface area (Å²) in [6.07, 6.45) is 5.30. The Labute approximate surface area is 70.4 Å². The number of terminal acetylenes is 1. The maximum absolute atomic E-state index is 12.6. The maximum Gasteiger partial charge on any atom is 0.123 e. The number of nitriles is 1. The van der Waals surface area contributed by atoms with Crippen LogP contribution < -0.4 is 0 Å². The Morgan fingerprint density at radius 3 is 2.83 bits per heavy atom. The molecule has 0 amide bonds. The van der Waals surface area contributed by atoms with Crippen LogP contribution in [0, 0.1) is 29.5 Å². The molecule has 0 aliphatic carbocycles. The van der Waals surface area contributed by atoms with E-state index in [0.717, 1.165) is 0 Å². The third kappa shape index (κ3) is 1.62. The zero-order chi connectivity index (χ0) is 8.97. The number of nitrogens with zero attached hydrogens (tertiary/aromatic N) is 1. The molecule has 0 fully saturated rings. The summed E-state index contributed by atoms with van der Waals surface area (Å²) in [6, 6.07) is 6.00. The van der Waals surface area contributed by atoms with E-state index in [9.17, 15) is 4.39 Å². The average Bonchev–Trinajstić information content (AvgIpc) is 2.05. The van der Waals surface area contributed by atoms with Crippen molar-refractivity contribution in [2.75, 3.05) is 0 Å². The van der Waals surface area contributed by atoms with Crippen LogP contribution >= 0.6 is 0 Å². The van der Waals surface area contributed by atoms with E-state index in [2.05, 4.69) is 5.92 Å². The molecule has 1 rings (SSSR count). The van der Waals surface area contributed by atoms with Gasteiger partial charge in [0.2, 0.25) is 0 Å². The second-order valence-electron chi connectivity index (χ2n) is 2.28. The molecular weight excluding hydrogens is 153 g/mol. The molecule has 0 saturated heterocycles. The largest absolute Gasteiger partial charge is 0.207 e. The number of benzene rings is 1. The first-order valence-electron chi connectivity index (χ1n) is 3.40. The first-order valence-corrected chi connectivity index (χ1v) is 3.40. The Balaban J connectivity index is 3.16. The molecule has 58 valence electrons. The zero-order valence-electron chi connectivity index (χ0n) is 6.34. The molecule has 0 unspecified atom stereocenters. The molecule has 0 aliphatic heterocycles. The van der Waals surface area contributed by atoms with Gasteiger partial charge >= 0.3 is 0 Å². The van der Waals surface area contributed by atoms with Crippen molar-refractivity contribution in [3.8, 4) is 18.4 Å². The van der Waals surface area contributed by atoms with Crippen LogP contribution in [-0.2, 0) is 6.42 Å². The molecule has 0 bridgehead atoms. The van der Waals surface area contributed by atoms with Gasteiger partial charge in [-0.05, 0) is 23.8 Å². The van der Waals surface area contributed by atoms with Crippen LogP contribution in [0.4, 0.5) is 4.39 Å². The van der Waals surface area contributed by atoms with E-state index in [1.165, 1.54) is 18.2 Å². The number of hydrogen-bond donors (Lipinski definition) is 0. The summed E-state index contributed by atoms with van der Waals surface area (Å²) in [4.78, 5) is 0. The standard InChI is InChI=1S/C10H6FN/c1-2-8-3-4-10(11)7-9(8)5-6-12/h1,3-4,7H,5H2. The van der Waals surface area contributed by atoms with Crippen LogP contribution in [0.25, 0.3) is 0 Å². The Kier molecular flexibility index (Phi) is 2.46. The van der Waals surface area contributed by atoms with Crippen LogP contribution in [0.15, 0.2) is 18.2 Å². The summed E-state index contributed by atoms with van der Waals surface area (Å²) in [6.45, 7) is 0. The molecule has 0 radical (unpaired) electrons. The van der Waals surface area contributed by atoms with Crippen molar-refractivity contribution >= 4 is 0 Å². The highest BCUT2D eigenvalue weighted by Crippen LogP contribution is 2.10. The molecule has 12 heavy (non-hydrogen) atoms. The number of halogens is 1. The van der Waals surface area contributed by atoms with E-state index in [0.29, 0.717) is 11.1 Å². The smallest absolute Gasteiger partial charge is 0.123 e. The van der Waals surface area contributed by atoms with Crippen LogP contribution in [0.2, 0.25) is 0 Å². The predicted octanol–water partition coefficient (Wildman–Crippen LogP) is 1.87. The molecule has 0 aromatic heterocycles. The fourth-order valence-corrected chi connectivity index (χ4v) is 0.935. The number of hydrogen-bond acceptors (Lipinski definition) is 1. The Hall–Kier alpha value is -1.80. The molecule has 0 heterocycles. The lowest BCUT2D eigenvalue weighted by molar-refractivity contribution is 0.626. The molecule has 0 saturated carbocycles. The third-order valence-corrected chi connectivity index (χ3v) is 1.49.